The van der Waals surface area contributed by atoms with Crippen molar-refractivity contribution in [2.45, 2.75) is 39.7 Å². The molecule has 7 nitrogen and oxygen atoms in total. The second kappa shape index (κ2) is 10.0. The first kappa shape index (κ1) is 24.9. The molecule has 0 radical (unpaired) electrons. The van der Waals surface area contributed by atoms with E-state index in [1.807, 2.05) is 6.92 Å². The number of piperazine rings is 1. The van der Waals surface area contributed by atoms with Gasteiger partial charge in [-0.2, -0.15) is 0 Å². The summed E-state index contributed by atoms with van der Waals surface area (Å²) in [6.45, 7) is 14.6. The molecule has 0 amide bonds. The molecule has 0 aliphatic carbocycles. The molecule has 0 atom stereocenters. The van der Waals surface area contributed by atoms with Crippen LogP contribution in [0.25, 0.3) is 22.2 Å². The largest absolute Gasteiger partial charge is 0.380 e. The van der Waals surface area contributed by atoms with Gasteiger partial charge < -0.3 is 19.5 Å². The topological polar surface area (TPSA) is 58.5 Å². The van der Waals surface area contributed by atoms with E-state index in [0.29, 0.717) is 12.0 Å². The number of aromatic nitrogens is 3. The van der Waals surface area contributed by atoms with Gasteiger partial charge in [-0.25, -0.2) is 9.97 Å². The number of anilines is 3. The summed E-state index contributed by atoms with van der Waals surface area (Å²) in [5.74, 6) is 2.27. The first-order valence-electron chi connectivity index (χ1n) is 13.8. The number of hydrogen-bond donors (Lipinski definition) is 1. The SMILES string of the molecule is Cc1cc(C)nc(Nc2cc(-c3ccc(N4CCN(C(C)C)CC4)cc3)cc3c2nc(C2COC2)n3C)c1. The first-order valence-corrected chi connectivity index (χ1v) is 13.8. The molecule has 2 aromatic carbocycles. The summed E-state index contributed by atoms with van der Waals surface area (Å²) in [4.78, 5) is 14.9. The Balaban J connectivity index is 1.35. The standard InChI is InChI=1S/C31H38N6O/c1-20(2)36-10-12-37(13-11-36)26-8-6-23(7-9-26)24-16-27(33-29-15-21(3)14-22(4)32-29)30-28(17-24)35(5)31(34-30)25-18-38-19-25/h6-9,14-17,20,25H,10-13,18-19H2,1-5H3,(H,32,33). The van der Waals surface area contributed by atoms with Crippen molar-refractivity contribution in [3.05, 3.63) is 65.6 Å². The maximum atomic E-state index is 5.48. The van der Waals surface area contributed by atoms with Crippen LogP contribution in [0.2, 0.25) is 0 Å². The van der Waals surface area contributed by atoms with Crippen molar-refractivity contribution in [3.63, 3.8) is 0 Å². The molecule has 2 saturated heterocycles. The number of fused-ring (bicyclic) bond motifs is 1. The quantitative estimate of drug-likeness (QED) is 0.362. The lowest BCUT2D eigenvalue weighted by atomic mass is 10.0. The molecule has 7 heteroatoms. The Morgan fingerprint density at radius 2 is 1.63 bits per heavy atom. The van der Waals surface area contributed by atoms with Gasteiger partial charge in [0, 0.05) is 50.6 Å². The van der Waals surface area contributed by atoms with Crippen molar-refractivity contribution in [1.29, 1.82) is 0 Å². The van der Waals surface area contributed by atoms with Crippen LogP contribution in [-0.2, 0) is 11.8 Å². The van der Waals surface area contributed by atoms with Crippen molar-refractivity contribution < 1.29 is 4.74 Å². The monoisotopic (exact) mass is 510 g/mol. The number of ether oxygens (including phenoxy) is 1. The fourth-order valence-electron chi connectivity index (χ4n) is 5.72. The molecule has 0 unspecified atom stereocenters. The second-order valence-electron chi connectivity index (χ2n) is 11.1. The predicted octanol–water partition coefficient (Wildman–Crippen LogP) is 5.64. The number of nitrogens with one attached hydrogen (secondary N) is 1. The molecule has 6 rings (SSSR count). The van der Waals surface area contributed by atoms with E-state index in [4.69, 9.17) is 14.7 Å². The minimum Gasteiger partial charge on any atom is -0.380 e. The third-order valence-corrected chi connectivity index (χ3v) is 8.00. The van der Waals surface area contributed by atoms with E-state index < -0.39 is 0 Å². The van der Waals surface area contributed by atoms with Gasteiger partial charge in [0.15, 0.2) is 0 Å². The zero-order valence-corrected chi connectivity index (χ0v) is 23.2. The van der Waals surface area contributed by atoms with Crippen molar-refractivity contribution in [1.82, 2.24) is 19.4 Å². The number of benzene rings is 2. The number of pyridine rings is 1. The summed E-state index contributed by atoms with van der Waals surface area (Å²) in [5.41, 5.74) is 8.91. The molecule has 198 valence electrons. The highest BCUT2D eigenvalue weighted by molar-refractivity contribution is 5.95. The van der Waals surface area contributed by atoms with Crippen LogP contribution in [0.15, 0.2) is 48.5 Å². The predicted molar refractivity (Wildman–Crippen MR) is 156 cm³/mol. The number of hydrogen-bond acceptors (Lipinski definition) is 6. The summed E-state index contributed by atoms with van der Waals surface area (Å²) in [6, 6.07) is 18.3. The first-order chi connectivity index (χ1) is 18.4. The van der Waals surface area contributed by atoms with Crippen molar-refractivity contribution in [3.8, 4) is 11.1 Å². The molecule has 2 aliphatic rings. The van der Waals surface area contributed by atoms with Crippen molar-refractivity contribution in [2.24, 2.45) is 7.05 Å². The number of aryl methyl sites for hydroxylation is 3. The smallest absolute Gasteiger partial charge is 0.130 e. The Morgan fingerprint density at radius 3 is 2.26 bits per heavy atom. The van der Waals surface area contributed by atoms with E-state index in [2.05, 4.69) is 96.0 Å². The summed E-state index contributed by atoms with van der Waals surface area (Å²) in [5, 5.41) is 3.60. The number of rotatable bonds is 6. The normalized spacial score (nSPS) is 16.8. The lowest BCUT2D eigenvalue weighted by Gasteiger charge is -2.38. The van der Waals surface area contributed by atoms with Crippen LogP contribution in [0.4, 0.5) is 17.2 Å². The molecular weight excluding hydrogens is 472 g/mol. The van der Waals surface area contributed by atoms with Gasteiger partial charge in [0.25, 0.3) is 0 Å². The van der Waals surface area contributed by atoms with Gasteiger partial charge in [-0.05, 0) is 80.8 Å². The van der Waals surface area contributed by atoms with Crippen LogP contribution in [0, 0.1) is 13.8 Å². The summed E-state index contributed by atoms with van der Waals surface area (Å²) >= 11 is 0. The summed E-state index contributed by atoms with van der Waals surface area (Å²) in [6.07, 6.45) is 0. The molecule has 38 heavy (non-hydrogen) atoms. The molecule has 0 bridgehead atoms. The minimum absolute atomic E-state index is 0.346. The average molecular weight is 511 g/mol. The third kappa shape index (κ3) is 4.76. The molecule has 2 aliphatic heterocycles. The maximum Gasteiger partial charge on any atom is 0.130 e. The van der Waals surface area contributed by atoms with E-state index in [0.717, 1.165) is 73.4 Å². The molecule has 4 heterocycles. The van der Waals surface area contributed by atoms with Gasteiger partial charge in [-0.1, -0.05) is 12.1 Å². The zero-order chi connectivity index (χ0) is 26.4. The van der Waals surface area contributed by atoms with Gasteiger partial charge >= 0.3 is 0 Å². The van der Waals surface area contributed by atoms with Crippen molar-refractivity contribution in [2.75, 3.05) is 49.6 Å². The molecule has 2 fully saturated rings. The lowest BCUT2D eigenvalue weighted by Crippen LogP contribution is -2.48. The fraction of sp³-hybridized carbons (Fsp3) is 0.419. The number of imidazole rings is 1. The average Bonchev–Trinajstić information content (AvgIpc) is 3.18. The molecule has 4 aromatic rings. The Bertz CT molecular complexity index is 1430. The Hall–Kier alpha value is -3.42. The van der Waals surface area contributed by atoms with Crippen LogP contribution < -0.4 is 10.2 Å². The molecular formula is C31H38N6O. The van der Waals surface area contributed by atoms with Crippen molar-refractivity contribution >= 4 is 28.2 Å². The highest BCUT2D eigenvalue weighted by atomic mass is 16.5. The summed E-state index contributed by atoms with van der Waals surface area (Å²) in [7, 11) is 2.12. The van der Waals surface area contributed by atoms with Gasteiger partial charge in [0.05, 0.1) is 30.3 Å². The van der Waals surface area contributed by atoms with E-state index >= 15 is 0 Å². The Morgan fingerprint density at radius 1 is 0.895 bits per heavy atom. The third-order valence-electron chi connectivity index (χ3n) is 8.00. The van der Waals surface area contributed by atoms with Crippen LogP contribution in [-0.4, -0.2) is 64.9 Å². The van der Waals surface area contributed by atoms with E-state index in [1.165, 1.54) is 22.4 Å². The fourth-order valence-corrected chi connectivity index (χ4v) is 5.72. The van der Waals surface area contributed by atoms with Gasteiger partial charge in [-0.15, -0.1) is 0 Å². The highest BCUT2D eigenvalue weighted by Crippen LogP contribution is 2.36. The lowest BCUT2D eigenvalue weighted by molar-refractivity contribution is 0.00400. The van der Waals surface area contributed by atoms with Crippen LogP contribution in [0.3, 0.4) is 0 Å². The molecule has 0 saturated carbocycles. The van der Waals surface area contributed by atoms with Crippen LogP contribution >= 0.6 is 0 Å². The zero-order valence-electron chi connectivity index (χ0n) is 23.2. The minimum atomic E-state index is 0.346. The van der Waals surface area contributed by atoms with E-state index in [-0.39, 0.29) is 0 Å². The maximum absolute atomic E-state index is 5.48. The Kier molecular flexibility index (Phi) is 6.58. The second-order valence-corrected chi connectivity index (χ2v) is 11.1. The van der Waals surface area contributed by atoms with Crippen LogP contribution in [0.1, 0.15) is 36.8 Å². The molecule has 2 aromatic heterocycles. The number of nitrogens with zero attached hydrogens (tertiary/aromatic N) is 5. The van der Waals surface area contributed by atoms with E-state index in [9.17, 15) is 0 Å². The van der Waals surface area contributed by atoms with Gasteiger partial charge in [0.2, 0.25) is 0 Å². The highest BCUT2D eigenvalue weighted by Gasteiger charge is 2.27. The summed E-state index contributed by atoms with van der Waals surface area (Å²) < 4.78 is 7.71. The molecule has 1 N–H and O–H groups in total. The molecule has 0 spiro atoms. The van der Waals surface area contributed by atoms with E-state index in [1.54, 1.807) is 0 Å². The Labute approximate surface area is 225 Å². The van der Waals surface area contributed by atoms with Gasteiger partial charge in [-0.3, -0.25) is 4.90 Å². The van der Waals surface area contributed by atoms with Gasteiger partial charge in [0.1, 0.15) is 17.2 Å². The van der Waals surface area contributed by atoms with Crippen LogP contribution in [0.5, 0.6) is 0 Å².